The Morgan fingerprint density at radius 2 is 1.95 bits per heavy atom. The summed E-state index contributed by atoms with van der Waals surface area (Å²) in [6, 6.07) is 8.66. The van der Waals surface area contributed by atoms with Crippen LogP contribution in [0.15, 0.2) is 41.2 Å². The summed E-state index contributed by atoms with van der Waals surface area (Å²) in [6.07, 6.45) is 0. The zero-order valence-electron chi connectivity index (χ0n) is 23.7. The fourth-order valence-corrected chi connectivity index (χ4v) is 5.71. The molecule has 0 fully saturated rings. The minimum atomic E-state index is -1.97. The Hall–Kier alpha value is -3.59. The topological polar surface area (TPSA) is 101 Å². The van der Waals surface area contributed by atoms with Gasteiger partial charge in [-0.15, -0.1) is 0 Å². The zero-order valence-corrected chi connectivity index (χ0v) is 24.7. The van der Waals surface area contributed by atoms with Crippen molar-refractivity contribution in [2.24, 2.45) is 0 Å². The predicted octanol–water partition coefficient (Wildman–Crippen LogP) is 5.72. The molecule has 1 atom stereocenters. The number of nitriles is 1. The van der Waals surface area contributed by atoms with E-state index in [-0.39, 0.29) is 21.7 Å². The van der Waals surface area contributed by atoms with E-state index in [0.29, 0.717) is 37.3 Å². The third-order valence-corrected chi connectivity index (χ3v) is 12.6. The number of carbonyl (C=O) groups excluding carboxylic acids is 1. The number of H-pyrrole nitrogens is 1. The highest BCUT2D eigenvalue weighted by atomic mass is 28.4. The van der Waals surface area contributed by atoms with Crippen LogP contribution in [0.3, 0.4) is 0 Å². The fourth-order valence-electron chi connectivity index (χ4n) is 4.68. The molecule has 4 rings (SSSR count). The lowest BCUT2D eigenvalue weighted by Crippen LogP contribution is -2.47. The molecule has 2 amide bonds. The number of hydrogen-bond donors (Lipinski definition) is 2. The first-order valence-electron chi connectivity index (χ1n) is 13.2. The molecule has 1 aliphatic rings. The van der Waals surface area contributed by atoms with Crippen molar-refractivity contribution >= 4 is 30.8 Å². The van der Waals surface area contributed by atoms with Crippen LogP contribution in [0.25, 0.3) is 10.8 Å². The highest BCUT2D eigenvalue weighted by molar-refractivity contribution is 6.74. The number of nitrogens with one attached hydrogen (secondary N) is 2. The molecule has 2 heterocycles. The van der Waals surface area contributed by atoms with Crippen LogP contribution in [0.4, 0.5) is 19.3 Å². The summed E-state index contributed by atoms with van der Waals surface area (Å²) in [6.45, 7) is 12.9. The highest BCUT2D eigenvalue weighted by Gasteiger charge is 2.38. The molecule has 40 heavy (non-hydrogen) atoms. The van der Waals surface area contributed by atoms with Gasteiger partial charge in [-0.25, -0.2) is 13.6 Å². The van der Waals surface area contributed by atoms with Crippen molar-refractivity contribution in [3.05, 3.63) is 75.2 Å². The van der Waals surface area contributed by atoms with Gasteiger partial charge >= 0.3 is 6.03 Å². The maximum atomic E-state index is 14.1. The standard InChI is InChI=1S/C29H35F2N5O3Si/c1-29(2,3)40(5,6)39-12-11-36-16-24-26(21-9-7-19(30)14-22(21)27(37)34-24)25(17-36)35(4)28(38)33-20-8-10-23(31)18(13-20)15-32/h7-10,13-14,25H,11-12,16-17H2,1-6H3,(H,33,38)(H,34,37). The molecular weight excluding hydrogens is 532 g/mol. The van der Waals surface area contributed by atoms with Crippen molar-refractivity contribution in [2.45, 2.75) is 51.5 Å². The third kappa shape index (κ3) is 5.94. The van der Waals surface area contributed by atoms with Gasteiger partial charge in [-0.05, 0) is 53.9 Å². The third-order valence-electron chi connectivity index (χ3n) is 8.05. The average molecular weight is 568 g/mol. The lowest BCUT2D eigenvalue weighted by atomic mass is 9.93. The number of aromatic amines is 1. The number of amides is 2. The Bertz CT molecular complexity index is 1540. The van der Waals surface area contributed by atoms with Crippen molar-refractivity contribution in [2.75, 3.05) is 32.1 Å². The van der Waals surface area contributed by atoms with E-state index in [1.807, 2.05) is 0 Å². The van der Waals surface area contributed by atoms with Gasteiger partial charge in [0, 0.05) is 50.2 Å². The van der Waals surface area contributed by atoms with E-state index < -0.39 is 37.6 Å². The SMILES string of the molecule is CN(C(=O)Nc1ccc(F)c(C#N)c1)C1CN(CCO[Si](C)(C)C(C)(C)C)Cc2[nH]c(=O)c3cc(F)ccc3c21. The Labute approximate surface area is 233 Å². The van der Waals surface area contributed by atoms with E-state index in [4.69, 9.17) is 9.69 Å². The van der Waals surface area contributed by atoms with Gasteiger partial charge in [0.15, 0.2) is 8.32 Å². The van der Waals surface area contributed by atoms with Crippen LogP contribution in [0.2, 0.25) is 18.1 Å². The van der Waals surface area contributed by atoms with E-state index in [2.05, 4.69) is 49.1 Å². The van der Waals surface area contributed by atoms with Crippen molar-refractivity contribution in [3.63, 3.8) is 0 Å². The van der Waals surface area contributed by atoms with E-state index in [0.717, 1.165) is 11.6 Å². The van der Waals surface area contributed by atoms with Crippen LogP contribution in [0.1, 0.15) is 43.6 Å². The first kappa shape index (κ1) is 29.4. The lowest BCUT2D eigenvalue weighted by Gasteiger charge is -2.40. The molecule has 0 radical (unpaired) electrons. The van der Waals surface area contributed by atoms with Crippen LogP contribution >= 0.6 is 0 Å². The van der Waals surface area contributed by atoms with E-state index in [1.54, 1.807) is 19.2 Å². The molecule has 1 aliphatic heterocycles. The van der Waals surface area contributed by atoms with Crippen LogP contribution in [0, 0.1) is 23.0 Å². The smallest absolute Gasteiger partial charge is 0.322 e. The van der Waals surface area contributed by atoms with Gasteiger partial charge < -0.3 is 19.6 Å². The summed E-state index contributed by atoms with van der Waals surface area (Å²) >= 11 is 0. The monoisotopic (exact) mass is 567 g/mol. The largest absolute Gasteiger partial charge is 0.416 e. The van der Waals surface area contributed by atoms with E-state index >= 15 is 0 Å². The number of hydrogen-bond acceptors (Lipinski definition) is 5. The van der Waals surface area contributed by atoms with Crippen LogP contribution < -0.4 is 10.9 Å². The van der Waals surface area contributed by atoms with Crippen LogP contribution in [0.5, 0.6) is 0 Å². The first-order chi connectivity index (χ1) is 18.7. The van der Waals surface area contributed by atoms with Crippen molar-refractivity contribution < 1.29 is 18.0 Å². The molecule has 11 heteroatoms. The summed E-state index contributed by atoms with van der Waals surface area (Å²) in [5.74, 6) is -1.20. The quantitative estimate of drug-likeness (QED) is 0.371. The van der Waals surface area contributed by atoms with Gasteiger partial charge in [-0.1, -0.05) is 26.8 Å². The number of anilines is 1. The minimum absolute atomic E-state index is 0.0630. The molecule has 2 aromatic carbocycles. The lowest BCUT2D eigenvalue weighted by molar-refractivity contribution is 0.131. The van der Waals surface area contributed by atoms with Crippen molar-refractivity contribution in [1.82, 2.24) is 14.8 Å². The van der Waals surface area contributed by atoms with Crippen LogP contribution in [-0.4, -0.2) is 55.9 Å². The summed E-state index contributed by atoms with van der Waals surface area (Å²) in [7, 11) is -0.334. The first-order valence-corrected chi connectivity index (χ1v) is 16.1. The van der Waals surface area contributed by atoms with Gasteiger partial charge in [0.2, 0.25) is 0 Å². The molecule has 0 spiro atoms. The number of halogens is 2. The Kier molecular flexibility index (Phi) is 8.17. The number of rotatable bonds is 6. The van der Waals surface area contributed by atoms with Gasteiger partial charge in [0.1, 0.15) is 17.7 Å². The molecule has 0 bridgehead atoms. The molecule has 0 aliphatic carbocycles. The second kappa shape index (κ2) is 11.1. The maximum Gasteiger partial charge on any atom is 0.322 e. The number of aromatic nitrogens is 1. The molecule has 0 saturated carbocycles. The van der Waals surface area contributed by atoms with E-state index in [9.17, 15) is 18.4 Å². The van der Waals surface area contributed by atoms with Crippen LogP contribution in [-0.2, 0) is 11.0 Å². The molecule has 1 unspecified atom stereocenters. The summed E-state index contributed by atoms with van der Waals surface area (Å²) in [5, 5.41) is 12.7. The summed E-state index contributed by atoms with van der Waals surface area (Å²) in [4.78, 5) is 32.8. The predicted molar refractivity (Wildman–Crippen MR) is 154 cm³/mol. The van der Waals surface area contributed by atoms with Gasteiger partial charge in [0.05, 0.1) is 17.0 Å². The normalized spacial score (nSPS) is 15.9. The second-order valence-electron chi connectivity index (χ2n) is 11.7. The number of nitrogens with zero attached hydrogens (tertiary/aromatic N) is 3. The maximum absolute atomic E-state index is 14.1. The Morgan fingerprint density at radius 1 is 1.23 bits per heavy atom. The Morgan fingerprint density at radius 3 is 2.62 bits per heavy atom. The van der Waals surface area contributed by atoms with Crippen molar-refractivity contribution in [3.8, 4) is 6.07 Å². The van der Waals surface area contributed by atoms with Gasteiger partial charge in [-0.2, -0.15) is 5.26 Å². The zero-order chi connectivity index (χ0) is 29.4. The number of carbonyl (C=O) groups is 1. The minimum Gasteiger partial charge on any atom is -0.416 e. The highest BCUT2D eigenvalue weighted by Crippen LogP contribution is 2.37. The van der Waals surface area contributed by atoms with Crippen molar-refractivity contribution in [1.29, 1.82) is 5.26 Å². The van der Waals surface area contributed by atoms with Gasteiger partial charge in [0.25, 0.3) is 5.56 Å². The second-order valence-corrected chi connectivity index (χ2v) is 16.6. The molecule has 212 valence electrons. The molecule has 2 N–H and O–H groups in total. The summed E-state index contributed by atoms with van der Waals surface area (Å²) < 4.78 is 34.2. The number of urea groups is 1. The summed E-state index contributed by atoms with van der Waals surface area (Å²) in [5.41, 5.74) is 1.10. The molecule has 8 nitrogen and oxygen atoms in total. The Balaban J connectivity index is 1.66. The molecule has 1 aromatic heterocycles. The molecule has 0 saturated heterocycles. The van der Waals surface area contributed by atoms with Gasteiger partial charge in [-0.3, -0.25) is 9.69 Å². The molecule has 3 aromatic rings. The number of pyridine rings is 1. The fraction of sp³-hybridized carbons (Fsp3) is 0.414. The number of likely N-dealkylation sites (N-methyl/N-ethyl adjacent to an activating group) is 1. The average Bonchev–Trinajstić information content (AvgIpc) is 2.88. The molecular formula is C29H35F2N5O3Si. The van der Waals surface area contributed by atoms with E-state index in [1.165, 1.54) is 29.2 Å². The number of fused-ring (bicyclic) bond motifs is 3. The number of benzene rings is 2.